The molecule has 1 atom stereocenters. The van der Waals surface area contributed by atoms with Crippen LogP contribution in [0.15, 0.2) is 24.3 Å². The molecule has 104 valence electrons. The molecule has 0 spiro atoms. The molecule has 0 bridgehead atoms. The highest BCUT2D eigenvalue weighted by Gasteiger charge is 2.21. The lowest BCUT2D eigenvalue weighted by Gasteiger charge is -2.22. The van der Waals surface area contributed by atoms with Crippen molar-refractivity contribution in [1.82, 2.24) is 9.80 Å². The lowest BCUT2D eigenvalue weighted by Crippen LogP contribution is -2.28. The number of nitrogen functional groups attached to an aromatic ring is 1. The number of likely N-dealkylation sites (tertiary alicyclic amines) is 1. The number of amidine groups is 1. The van der Waals surface area contributed by atoms with E-state index in [4.69, 9.17) is 11.1 Å². The van der Waals surface area contributed by atoms with Crippen LogP contribution in [0.2, 0.25) is 0 Å². The van der Waals surface area contributed by atoms with Crippen LogP contribution in [-0.4, -0.2) is 49.4 Å². The van der Waals surface area contributed by atoms with Crippen LogP contribution in [0.1, 0.15) is 17.5 Å². The van der Waals surface area contributed by atoms with Crippen LogP contribution in [-0.2, 0) is 6.54 Å². The predicted octanol–water partition coefficient (Wildman–Crippen LogP) is 1.35. The van der Waals surface area contributed by atoms with E-state index in [0.29, 0.717) is 0 Å². The molecule has 1 aromatic rings. The lowest BCUT2D eigenvalue weighted by molar-refractivity contribution is 0.267. The molecule has 1 unspecified atom stereocenters. The van der Waals surface area contributed by atoms with Gasteiger partial charge in [0.15, 0.2) is 0 Å². The second-order valence-corrected chi connectivity index (χ2v) is 5.68. The Labute approximate surface area is 115 Å². The largest absolute Gasteiger partial charge is 0.384 e. The fourth-order valence-electron chi connectivity index (χ4n) is 2.89. The third-order valence-electron chi connectivity index (χ3n) is 3.81. The summed E-state index contributed by atoms with van der Waals surface area (Å²) in [5, 5.41) is 7.62. The van der Waals surface area contributed by atoms with E-state index in [1.54, 1.807) is 0 Å². The van der Waals surface area contributed by atoms with Crippen LogP contribution < -0.4 is 5.73 Å². The number of hydrogen-bond acceptors (Lipinski definition) is 3. The van der Waals surface area contributed by atoms with Crippen LogP contribution >= 0.6 is 0 Å². The Morgan fingerprint density at radius 2 is 2.21 bits per heavy atom. The molecule has 0 amide bonds. The Kier molecular flexibility index (Phi) is 4.56. The number of nitrogens with one attached hydrogen (secondary N) is 1. The molecule has 1 fully saturated rings. The summed E-state index contributed by atoms with van der Waals surface area (Å²) < 4.78 is 0. The van der Waals surface area contributed by atoms with E-state index in [1.165, 1.54) is 19.5 Å². The summed E-state index contributed by atoms with van der Waals surface area (Å²) in [4.78, 5) is 4.73. The highest BCUT2D eigenvalue weighted by atomic mass is 15.1. The zero-order valence-corrected chi connectivity index (χ0v) is 11.9. The van der Waals surface area contributed by atoms with Gasteiger partial charge in [0, 0.05) is 25.2 Å². The molecule has 0 saturated carbocycles. The van der Waals surface area contributed by atoms with Gasteiger partial charge in [0.1, 0.15) is 5.84 Å². The molecule has 1 aromatic carbocycles. The molecule has 0 aromatic heterocycles. The number of nitrogens with two attached hydrogens (primary N) is 1. The van der Waals surface area contributed by atoms with E-state index in [1.807, 2.05) is 18.2 Å². The van der Waals surface area contributed by atoms with Gasteiger partial charge in [-0.3, -0.25) is 5.41 Å². The Hall–Kier alpha value is -1.39. The topological polar surface area (TPSA) is 56.4 Å². The quantitative estimate of drug-likeness (QED) is 0.621. The molecule has 1 aliphatic heterocycles. The first-order valence-electron chi connectivity index (χ1n) is 6.85. The number of benzene rings is 1. The minimum atomic E-state index is 0.157. The molecule has 2 rings (SSSR count). The zero-order chi connectivity index (χ0) is 13.8. The lowest BCUT2D eigenvalue weighted by atomic mass is 10.0. The maximum atomic E-state index is 7.62. The van der Waals surface area contributed by atoms with Crippen molar-refractivity contribution in [2.45, 2.75) is 13.0 Å². The number of rotatable bonds is 5. The second kappa shape index (κ2) is 6.17. The minimum absolute atomic E-state index is 0.157. The van der Waals surface area contributed by atoms with Crippen LogP contribution in [0.4, 0.5) is 0 Å². The number of hydrogen-bond donors (Lipinski definition) is 2. The van der Waals surface area contributed by atoms with Crippen molar-refractivity contribution < 1.29 is 0 Å². The van der Waals surface area contributed by atoms with Crippen molar-refractivity contribution in [3.8, 4) is 0 Å². The minimum Gasteiger partial charge on any atom is -0.384 e. The molecule has 0 radical (unpaired) electrons. The third kappa shape index (κ3) is 3.78. The van der Waals surface area contributed by atoms with Gasteiger partial charge >= 0.3 is 0 Å². The van der Waals surface area contributed by atoms with Gasteiger partial charge in [-0.2, -0.15) is 0 Å². The van der Waals surface area contributed by atoms with E-state index in [9.17, 15) is 0 Å². The third-order valence-corrected chi connectivity index (χ3v) is 3.81. The van der Waals surface area contributed by atoms with E-state index in [2.05, 4.69) is 30.0 Å². The van der Waals surface area contributed by atoms with E-state index in [0.717, 1.165) is 30.1 Å². The standard InChI is InChI=1S/C15H24N4/c1-18-8-7-12(9-18)10-19(2)11-13-5-3-4-6-14(13)15(16)17/h3-6,12H,7-11H2,1-2H3,(H3,16,17). The fourth-order valence-corrected chi connectivity index (χ4v) is 2.89. The van der Waals surface area contributed by atoms with Crippen molar-refractivity contribution in [2.24, 2.45) is 11.7 Å². The molecule has 1 saturated heterocycles. The van der Waals surface area contributed by atoms with Gasteiger partial charge in [-0.05, 0) is 38.5 Å². The van der Waals surface area contributed by atoms with Crippen molar-refractivity contribution in [3.63, 3.8) is 0 Å². The van der Waals surface area contributed by atoms with Gasteiger partial charge in [0.05, 0.1) is 0 Å². The van der Waals surface area contributed by atoms with Crippen LogP contribution in [0, 0.1) is 11.3 Å². The smallest absolute Gasteiger partial charge is 0.123 e. The monoisotopic (exact) mass is 260 g/mol. The van der Waals surface area contributed by atoms with Gasteiger partial charge < -0.3 is 15.5 Å². The molecular weight excluding hydrogens is 236 g/mol. The Balaban J connectivity index is 1.95. The first-order valence-corrected chi connectivity index (χ1v) is 6.85. The summed E-state index contributed by atoms with van der Waals surface area (Å²) in [6.07, 6.45) is 1.29. The second-order valence-electron chi connectivity index (χ2n) is 5.68. The Morgan fingerprint density at radius 3 is 2.84 bits per heavy atom. The fraction of sp³-hybridized carbons (Fsp3) is 0.533. The van der Waals surface area contributed by atoms with E-state index in [-0.39, 0.29) is 5.84 Å². The molecule has 3 N–H and O–H groups in total. The maximum absolute atomic E-state index is 7.62. The van der Waals surface area contributed by atoms with Gasteiger partial charge in [0.2, 0.25) is 0 Å². The van der Waals surface area contributed by atoms with Crippen LogP contribution in [0.3, 0.4) is 0 Å². The SMILES string of the molecule is CN1CCC(CN(C)Cc2ccccc2C(=N)N)C1. The van der Waals surface area contributed by atoms with Crippen molar-refractivity contribution >= 4 is 5.84 Å². The molecule has 19 heavy (non-hydrogen) atoms. The average Bonchev–Trinajstić information content (AvgIpc) is 2.75. The molecule has 4 heteroatoms. The summed E-state index contributed by atoms with van der Waals surface area (Å²) in [5.74, 6) is 0.920. The summed E-state index contributed by atoms with van der Waals surface area (Å²) in [6.45, 7) is 4.37. The zero-order valence-electron chi connectivity index (χ0n) is 11.9. The van der Waals surface area contributed by atoms with E-state index >= 15 is 0 Å². The maximum Gasteiger partial charge on any atom is 0.123 e. The number of nitrogens with zero attached hydrogens (tertiary/aromatic N) is 2. The van der Waals surface area contributed by atoms with E-state index < -0.39 is 0 Å². The summed E-state index contributed by atoms with van der Waals surface area (Å²) in [6, 6.07) is 7.94. The molecule has 0 aliphatic carbocycles. The van der Waals surface area contributed by atoms with Gasteiger partial charge in [-0.15, -0.1) is 0 Å². The predicted molar refractivity (Wildman–Crippen MR) is 79.4 cm³/mol. The Bertz CT molecular complexity index is 444. The van der Waals surface area contributed by atoms with Crippen molar-refractivity contribution in [2.75, 3.05) is 33.7 Å². The average molecular weight is 260 g/mol. The summed E-state index contributed by atoms with van der Waals surface area (Å²) >= 11 is 0. The highest BCUT2D eigenvalue weighted by molar-refractivity contribution is 5.96. The highest BCUT2D eigenvalue weighted by Crippen LogP contribution is 2.17. The Morgan fingerprint density at radius 1 is 1.47 bits per heavy atom. The normalized spacial score (nSPS) is 20.1. The van der Waals surface area contributed by atoms with Crippen molar-refractivity contribution in [1.29, 1.82) is 5.41 Å². The molecular formula is C15H24N4. The van der Waals surface area contributed by atoms with Gasteiger partial charge in [-0.1, -0.05) is 24.3 Å². The van der Waals surface area contributed by atoms with Crippen molar-refractivity contribution in [3.05, 3.63) is 35.4 Å². The molecule has 1 aliphatic rings. The van der Waals surface area contributed by atoms with Crippen LogP contribution in [0.25, 0.3) is 0 Å². The van der Waals surface area contributed by atoms with Crippen LogP contribution in [0.5, 0.6) is 0 Å². The summed E-state index contributed by atoms with van der Waals surface area (Å²) in [7, 11) is 4.33. The van der Waals surface area contributed by atoms with Gasteiger partial charge in [0.25, 0.3) is 0 Å². The molecule has 4 nitrogen and oxygen atoms in total. The first kappa shape index (κ1) is 14.0. The van der Waals surface area contributed by atoms with Gasteiger partial charge in [-0.25, -0.2) is 0 Å². The molecule has 1 heterocycles. The first-order chi connectivity index (χ1) is 9.06. The summed E-state index contributed by atoms with van der Waals surface area (Å²) in [5.41, 5.74) is 7.63.